The molecule has 0 aromatic carbocycles. The minimum Gasteiger partial charge on any atom is -0.392 e. The molecule has 2 fully saturated rings. The molecule has 1 N–H and O–H groups in total. The third-order valence-corrected chi connectivity index (χ3v) is 4.06. The van der Waals surface area contributed by atoms with Crippen molar-refractivity contribution < 1.29 is 18.3 Å². The number of rotatable bonds is 5. The molecule has 0 saturated heterocycles. The number of hydrogen-bond acceptors (Lipinski definition) is 2. The molecule has 2 rings (SSSR count). The minimum absolute atomic E-state index is 0.0462. The van der Waals surface area contributed by atoms with Crippen LogP contribution in [0.1, 0.15) is 44.9 Å². The van der Waals surface area contributed by atoms with Crippen molar-refractivity contribution in [1.82, 2.24) is 4.90 Å². The molecule has 5 heteroatoms. The fourth-order valence-electron chi connectivity index (χ4n) is 2.92. The summed E-state index contributed by atoms with van der Waals surface area (Å²) in [5.41, 5.74) is 0. The first-order chi connectivity index (χ1) is 8.46. The average molecular weight is 265 g/mol. The van der Waals surface area contributed by atoms with E-state index in [9.17, 15) is 18.3 Å². The highest BCUT2D eigenvalue weighted by Crippen LogP contribution is 2.32. The molecule has 106 valence electrons. The minimum atomic E-state index is -4.16. The van der Waals surface area contributed by atoms with Crippen LogP contribution in [0.2, 0.25) is 0 Å². The highest BCUT2D eigenvalue weighted by atomic mass is 19.4. The Hall–Kier alpha value is -0.290. The standard InChI is InChI=1S/C13H22F3NO/c14-13(15,16)9-17(11-6-7-11)8-12(18)10-4-2-1-3-5-10/h10-12,18H,1-9H2. The van der Waals surface area contributed by atoms with E-state index in [0.29, 0.717) is 0 Å². The van der Waals surface area contributed by atoms with E-state index in [4.69, 9.17) is 0 Å². The summed E-state index contributed by atoms with van der Waals surface area (Å²) in [7, 11) is 0. The molecule has 18 heavy (non-hydrogen) atoms. The Labute approximate surface area is 106 Å². The molecular formula is C13H22F3NO. The van der Waals surface area contributed by atoms with Gasteiger partial charge in [0.25, 0.3) is 0 Å². The van der Waals surface area contributed by atoms with Crippen molar-refractivity contribution >= 4 is 0 Å². The summed E-state index contributed by atoms with van der Waals surface area (Å²) in [6.07, 6.45) is 2.26. The van der Waals surface area contributed by atoms with Crippen LogP contribution in [-0.2, 0) is 0 Å². The molecule has 2 saturated carbocycles. The number of nitrogens with zero attached hydrogens (tertiary/aromatic N) is 1. The highest BCUT2D eigenvalue weighted by molar-refractivity contribution is 4.88. The van der Waals surface area contributed by atoms with Crippen LogP contribution in [0.5, 0.6) is 0 Å². The monoisotopic (exact) mass is 265 g/mol. The molecule has 1 atom stereocenters. The van der Waals surface area contributed by atoms with Crippen LogP contribution >= 0.6 is 0 Å². The largest absolute Gasteiger partial charge is 0.401 e. The summed E-state index contributed by atoms with van der Waals surface area (Å²) in [5, 5.41) is 10.1. The molecule has 0 bridgehead atoms. The van der Waals surface area contributed by atoms with Gasteiger partial charge in [-0.2, -0.15) is 13.2 Å². The first-order valence-electron chi connectivity index (χ1n) is 6.94. The number of halogens is 3. The Morgan fingerprint density at radius 3 is 2.17 bits per heavy atom. The molecular weight excluding hydrogens is 243 g/mol. The Morgan fingerprint density at radius 1 is 1.06 bits per heavy atom. The summed E-state index contributed by atoms with van der Waals surface area (Å²) >= 11 is 0. The topological polar surface area (TPSA) is 23.5 Å². The van der Waals surface area contributed by atoms with Gasteiger partial charge < -0.3 is 5.11 Å². The fourth-order valence-corrected chi connectivity index (χ4v) is 2.92. The molecule has 1 unspecified atom stereocenters. The Kier molecular flexibility index (Phi) is 4.54. The third kappa shape index (κ3) is 4.43. The molecule has 0 aromatic heterocycles. The van der Waals surface area contributed by atoms with Crippen LogP contribution < -0.4 is 0 Å². The van der Waals surface area contributed by atoms with Gasteiger partial charge in [-0.15, -0.1) is 0 Å². The van der Waals surface area contributed by atoms with Crippen molar-refractivity contribution in [3.63, 3.8) is 0 Å². The zero-order chi connectivity index (χ0) is 13.2. The summed E-state index contributed by atoms with van der Waals surface area (Å²) < 4.78 is 37.4. The molecule has 0 spiro atoms. The zero-order valence-electron chi connectivity index (χ0n) is 10.6. The lowest BCUT2D eigenvalue weighted by Crippen LogP contribution is -2.43. The fraction of sp³-hybridized carbons (Fsp3) is 1.00. The quantitative estimate of drug-likeness (QED) is 0.826. The van der Waals surface area contributed by atoms with Gasteiger partial charge >= 0.3 is 6.18 Å². The smallest absolute Gasteiger partial charge is 0.392 e. The first kappa shape index (κ1) is 14.1. The average Bonchev–Trinajstić information content (AvgIpc) is 3.11. The van der Waals surface area contributed by atoms with E-state index in [0.717, 1.165) is 38.5 Å². The summed E-state index contributed by atoms with van der Waals surface area (Å²) in [6.45, 7) is -0.684. The zero-order valence-corrected chi connectivity index (χ0v) is 10.6. The van der Waals surface area contributed by atoms with Crippen LogP contribution in [0.3, 0.4) is 0 Å². The van der Waals surface area contributed by atoms with Gasteiger partial charge in [0.15, 0.2) is 0 Å². The molecule has 0 radical (unpaired) electrons. The summed E-state index contributed by atoms with van der Waals surface area (Å²) in [5.74, 6) is 0.202. The number of hydrogen-bond donors (Lipinski definition) is 1. The first-order valence-corrected chi connectivity index (χ1v) is 6.94. The third-order valence-electron chi connectivity index (χ3n) is 4.06. The summed E-state index contributed by atoms with van der Waals surface area (Å²) in [4.78, 5) is 1.43. The Morgan fingerprint density at radius 2 is 1.67 bits per heavy atom. The van der Waals surface area contributed by atoms with E-state index in [1.807, 2.05) is 0 Å². The van der Waals surface area contributed by atoms with E-state index in [1.165, 1.54) is 11.3 Å². The molecule has 2 aliphatic carbocycles. The van der Waals surface area contributed by atoms with E-state index >= 15 is 0 Å². The van der Waals surface area contributed by atoms with Gasteiger partial charge in [0.1, 0.15) is 0 Å². The lowest BCUT2D eigenvalue weighted by Gasteiger charge is -2.31. The van der Waals surface area contributed by atoms with E-state index in [1.54, 1.807) is 0 Å². The van der Waals surface area contributed by atoms with Crippen molar-refractivity contribution in [2.45, 2.75) is 63.3 Å². The van der Waals surface area contributed by atoms with Crippen molar-refractivity contribution in [3.8, 4) is 0 Å². The Bertz CT molecular complexity index is 259. The molecule has 0 aromatic rings. The van der Waals surface area contributed by atoms with E-state index < -0.39 is 18.8 Å². The second kappa shape index (κ2) is 5.78. The predicted octanol–water partition coefficient (Wildman–Crippen LogP) is 2.95. The van der Waals surface area contributed by atoms with Crippen molar-refractivity contribution in [2.24, 2.45) is 5.92 Å². The molecule has 0 heterocycles. The van der Waals surface area contributed by atoms with Gasteiger partial charge in [0.2, 0.25) is 0 Å². The summed E-state index contributed by atoms with van der Waals surface area (Å²) in [6, 6.07) is 0.0462. The second-order valence-corrected chi connectivity index (χ2v) is 5.74. The van der Waals surface area contributed by atoms with Gasteiger partial charge in [-0.25, -0.2) is 0 Å². The van der Waals surface area contributed by atoms with Crippen LogP contribution in [0, 0.1) is 5.92 Å². The van der Waals surface area contributed by atoms with Gasteiger partial charge in [-0.05, 0) is 31.6 Å². The van der Waals surface area contributed by atoms with Crippen molar-refractivity contribution in [2.75, 3.05) is 13.1 Å². The van der Waals surface area contributed by atoms with Crippen LogP contribution in [0.15, 0.2) is 0 Å². The maximum Gasteiger partial charge on any atom is 0.401 e. The second-order valence-electron chi connectivity index (χ2n) is 5.74. The SMILES string of the molecule is OC(CN(CC(F)(F)F)C1CC1)C1CCCCC1. The van der Waals surface area contributed by atoms with E-state index in [2.05, 4.69) is 0 Å². The normalized spacial score (nSPS) is 24.5. The van der Waals surface area contributed by atoms with Crippen LogP contribution in [-0.4, -0.2) is 41.4 Å². The molecule has 2 aliphatic rings. The highest BCUT2D eigenvalue weighted by Gasteiger charge is 2.39. The number of aliphatic hydroxyl groups excluding tert-OH is 1. The van der Waals surface area contributed by atoms with Gasteiger partial charge in [0.05, 0.1) is 12.6 Å². The number of alkyl halides is 3. The predicted molar refractivity (Wildman–Crippen MR) is 63.2 cm³/mol. The van der Waals surface area contributed by atoms with Gasteiger partial charge in [-0.3, -0.25) is 4.90 Å². The lowest BCUT2D eigenvalue weighted by molar-refractivity contribution is -0.151. The van der Waals surface area contributed by atoms with E-state index in [-0.39, 0.29) is 18.5 Å². The van der Waals surface area contributed by atoms with Crippen molar-refractivity contribution in [1.29, 1.82) is 0 Å². The Balaban J connectivity index is 1.83. The maximum atomic E-state index is 12.5. The number of aliphatic hydroxyl groups is 1. The van der Waals surface area contributed by atoms with Crippen molar-refractivity contribution in [3.05, 3.63) is 0 Å². The molecule has 2 nitrogen and oxygen atoms in total. The maximum absolute atomic E-state index is 12.5. The van der Waals surface area contributed by atoms with Gasteiger partial charge in [-0.1, -0.05) is 19.3 Å². The molecule has 0 amide bonds. The van der Waals surface area contributed by atoms with Gasteiger partial charge in [0, 0.05) is 12.6 Å². The molecule has 0 aliphatic heterocycles. The van der Waals surface area contributed by atoms with Crippen LogP contribution in [0.25, 0.3) is 0 Å². The van der Waals surface area contributed by atoms with Crippen LogP contribution in [0.4, 0.5) is 13.2 Å². The lowest BCUT2D eigenvalue weighted by atomic mass is 9.85.